The Morgan fingerprint density at radius 3 is 2.88 bits per heavy atom. The molecule has 82 valence electrons. The molecule has 0 spiro atoms. The van der Waals surface area contributed by atoms with Crippen molar-refractivity contribution in [2.24, 2.45) is 0 Å². The van der Waals surface area contributed by atoms with Gasteiger partial charge < -0.3 is 0 Å². The second-order valence-corrected chi connectivity index (χ2v) is 4.06. The van der Waals surface area contributed by atoms with Crippen molar-refractivity contribution < 1.29 is 4.39 Å². The Morgan fingerprint density at radius 2 is 2.12 bits per heavy atom. The monoisotopic (exact) mass is 217 g/mol. The fourth-order valence-corrected chi connectivity index (χ4v) is 2.07. The molecule has 0 atom stereocenters. The van der Waals surface area contributed by atoms with Gasteiger partial charge in [-0.3, -0.25) is 9.67 Å². The van der Waals surface area contributed by atoms with Gasteiger partial charge in [0.1, 0.15) is 11.5 Å². The quantitative estimate of drug-likeness (QED) is 0.734. The van der Waals surface area contributed by atoms with Gasteiger partial charge in [-0.05, 0) is 37.5 Å². The summed E-state index contributed by atoms with van der Waals surface area (Å²) in [5, 5.41) is 4.48. The lowest BCUT2D eigenvalue weighted by Crippen LogP contribution is -2.10. The van der Waals surface area contributed by atoms with Crippen molar-refractivity contribution in [1.29, 1.82) is 0 Å². The standard InChI is InChI=1S/C12H12FN3/c13-9-4-5-11(14-8-9)12-7-10-3-1-2-6-16(10)15-12/h4-5,7-8H,1-3,6H2. The number of rotatable bonds is 1. The summed E-state index contributed by atoms with van der Waals surface area (Å²) in [5.74, 6) is -0.312. The van der Waals surface area contributed by atoms with Crippen molar-refractivity contribution in [3.8, 4) is 11.4 Å². The minimum atomic E-state index is -0.312. The van der Waals surface area contributed by atoms with E-state index in [1.807, 2.05) is 4.68 Å². The zero-order chi connectivity index (χ0) is 11.0. The van der Waals surface area contributed by atoms with E-state index in [0.29, 0.717) is 0 Å². The highest BCUT2D eigenvalue weighted by atomic mass is 19.1. The van der Waals surface area contributed by atoms with E-state index in [-0.39, 0.29) is 5.82 Å². The molecule has 0 unspecified atom stereocenters. The van der Waals surface area contributed by atoms with Crippen LogP contribution in [0.3, 0.4) is 0 Å². The summed E-state index contributed by atoms with van der Waals surface area (Å²) in [6.45, 7) is 0.983. The number of hydrogen-bond donors (Lipinski definition) is 0. The van der Waals surface area contributed by atoms with E-state index in [1.54, 1.807) is 6.07 Å². The van der Waals surface area contributed by atoms with Crippen LogP contribution in [0, 0.1) is 5.82 Å². The van der Waals surface area contributed by atoms with Crippen LogP contribution in [0.5, 0.6) is 0 Å². The molecule has 0 bridgehead atoms. The molecule has 0 fully saturated rings. The van der Waals surface area contributed by atoms with Crippen LogP contribution in [-0.2, 0) is 13.0 Å². The van der Waals surface area contributed by atoms with Gasteiger partial charge in [0, 0.05) is 12.2 Å². The van der Waals surface area contributed by atoms with Crippen LogP contribution >= 0.6 is 0 Å². The Kier molecular flexibility index (Phi) is 2.20. The molecule has 0 aliphatic carbocycles. The van der Waals surface area contributed by atoms with Gasteiger partial charge in [0.2, 0.25) is 0 Å². The number of pyridine rings is 1. The molecule has 1 aliphatic rings. The zero-order valence-corrected chi connectivity index (χ0v) is 8.86. The minimum absolute atomic E-state index is 0.312. The normalized spacial score (nSPS) is 14.8. The van der Waals surface area contributed by atoms with Crippen LogP contribution < -0.4 is 0 Å². The van der Waals surface area contributed by atoms with Gasteiger partial charge in [0.15, 0.2) is 0 Å². The van der Waals surface area contributed by atoms with Crippen LogP contribution in [0.25, 0.3) is 11.4 Å². The molecular weight excluding hydrogens is 205 g/mol. The summed E-state index contributed by atoms with van der Waals surface area (Å²) in [7, 11) is 0. The van der Waals surface area contributed by atoms with Gasteiger partial charge in [-0.2, -0.15) is 5.10 Å². The summed E-state index contributed by atoms with van der Waals surface area (Å²) in [6, 6.07) is 5.14. The molecule has 2 aromatic rings. The molecule has 3 nitrogen and oxygen atoms in total. The predicted molar refractivity (Wildman–Crippen MR) is 58.4 cm³/mol. The summed E-state index contributed by atoms with van der Waals surface area (Å²) in [5.41, 5.74) is 2.84. The molecule has 0 aromatic carbocycles. The van der Waals surface area contributed by atoms with E-state index in [0.717, 1.165) is 24.4 Å². The van der Waals surface area contributed by atoms with E-state index in [4.69, 9.17) is 0 Å². The third kappa shape index (κ3) is 1.60. The van der Waals surface area contributed by atoms with E-state index < -0.39 is 0 Å². The average molecular weight is 217 g/mol. The van der Waals surface area contributed by atoms with Crippen molar-refractivity contribution in [2.75, 3.05) is 0 Å². The van der Waals surface area contributed by atoms with Crippen LogP contribution in [0.2, 0.25) is 0 Å². The summed E-state index contributed by atoms with van der Waals surface area (Å²) in [4.78, 5) is 4.04. The maximum atomic E-state index is 12.7. The molecule has 4 heteroatoms. The van der Waals surface area contributed by atoms with Gasteiger partial charge in [0.05, 0.1) is 11.9 Å². The van der Waals surface area contributed by atoms with Crippen LogP contribution in [-0.4, -0.2) is 14.8 Å². The molecule has 0 radical (unpaired) electrons. The van der Waals surface area contributed by atoms with Crippen LogP contribution in [0.15, 0.2) is 24.4 Å². The van der Waals surface area contributed by atoms with Crippen LogP contribution in [0.1, 0.15) is 18.5 Å². The average Bonchev–Trinajstić information content (AvgIpc) is 2.73. The number of nitrogens with zero attached hydrogens (tertiary/aromatic N) is 3. The molecule has 1 aliphatic heterocycles. The van der Waals surface area contributed by atoms with Gasteiger partial charge in [-0.25, -0.2) is 4.39 Å². The first-order valence-corrected chi connectivity index (χ1v) is 5.51. The first kappa shape index (κ1) is 9.51. The lowest BCUT2D eigenvalue weighted by Gasteiger charge is -2.11. The van der Waals surface area contributed by atoms with Crippen LogP contribution in [0.4, 0.5) is 4.39 Å². The van der Waals surface area contributed by atoms with Crippen molar-refractivity contribution in [1.82, 2.24) is 14.8 Å². The lowest BCUT2D eigenvalue weighted by atomic mass is 10.1. The minimum Gasteiger partial charge on any atom is -0.269 e. The Morgan fingerprint density at radius 1 is 1.19 bits per heavy atom. The van der Waals surface area contributed by atoms with E-state index in [2.05, 4.69) is 16.1 Å². The third-order valence-corrected chi connectivity index (χ3v) is 2.91. The fourth-order valence-electron chi connectivity index (χ4n) is 2.07. The molecular formula is C12H12FN3. The number of fused-ring (bicyclic) bond motifs is 1. The highest BCUT2D eigenvalue weighted by Gasteiger charge is 2.13. The summed E-state index contributed by atoms with van der Waals surface area (Å²) in [6.07, 6.45) is 4.72. The van der Waals surface area contributed by atoms with E-state index in [1.165, 1.54) is 30.8 Å². The number of hydrogen-bond acceptors (Lipinski definition) is 2. The lowest BCUT2D eigenvalue weighted by molar-refractivity contribution is 0.487. The first-order valence-electron chi connectivity index (χ1n) is 5.51. The second-order valence-electron chi connectivity index (χ2n) is 4.06. The van der Waals surface area contributed by atoms with Crippen molar-refractivity contribution >= 4 is 0 Å². The molecule has 0 amide bonds. The van der Waals surface area contributed by atoms with E-state index >= 15 is 0 Å². The van der Waals surface area contributed by atoms with Crippen molar-refractivity contribution in [3.05, 3.63) is 35.9 Å². The molecule has 0 N–H and O–H groups in total. The summed E-state index contributed by atoms with van der Waals surface area (Å²) >= 11 is 0. The Balaban J connectivity index is 2.00. The molecule has 0 saturated heterocycles. The summed E-state index contributed by atoms with van der Waals surface area (Å²) < 4.78 is 14.8. The second kappa shape index (κ2) is 3.70. The van der Waals surface area contributed by atoms with Gasteiger partial charge >= 0.3 is 0 Å². The Bertz CT molecular complexity index is 478. The Labute approximate surface area is 92.9 Å². The molecule has 16 heavy (non-hydrogen) atoms. The number of aryl methyl sites for hydroxylation is 2. The van der Waals surface area contributed by atoms with Gasteiger partial charge in [-0.1, -0.05) is 0 Å². The highest BCUT2D eigenvalue weighted by molar-refractivity contribution is 5.54. The largest absolute Gasteiger partial charge is 0.269 e. The predicted octanol–water partition coefficient (Wildman–Crippen LogP) is 2.42. The van der Waals surface area contributed by atoms with Crippen molar-refractivity contribution in [3.63, 3.8) is 0 Å². The van der Waals surface area contributed by atoms with Crippen molar-refractivity contribution in [2.45, 2.75) is 25.8 Å². The molecule has 2 aromatic heterocycles. The SMILES string of the molecule is Fc1ccc(-c2cc3n(n2)CCCC3)nc1. The van der Waals surface area contributed by atoms with Gasteiger partial charge in [0.25, 0.3) is 0 Å². The maximum absolute atomic E-state index is 12.7. The Hall–Kier alpha value is -1.71. The first-order chi connectivity index (χ1) is 7.83. The topological polar surface area (TPSA) is 30.7 Å². The molecule has 3 rings (SSSR count). The van der Waals surface area contributed by atoms with E-state index in [9.17, 15) is 4.39 Å². The third-order valence-electron chi connectivity index (χ3n) is 2.91. The van der Waals surface area contributed by atoms with Gasteiger partial charge in [-0.15, -0.1) is 0 Å². The maximum Gasteiger partial charge on any atom is 0.141 e. The smallest absolute Gasteiger partial charge is 0.141 e. The number of halogens is 1. The molecule has 3 heterocycles. The number of aromatic nitrogens is 3. The zero-order valence-electron chi connectivity index (χ0n) is 8.86. The molecule has 0 saturated carbocycles. The fraction of sp³-hybridized carbons (Fsp3) is 0.333. The highest BCUT2D eigenvalue weighted by Crippen LogP contribution is 2.21.